The summed E-state index contributed by atoms with van der Waals surface area (Å²) in [6.45, 7) is 18.2. The molecule has 0 N–H and O–H groups in total. The number of benzene rings is 5. The van der Waals surface area contributed by atoms with Gasteiger partial charge in [-0.3, -0.25) is 6.08 Å². The smallest absolute Gasteiger partial charge is 0.0801 e. The number of hydrogen-bond donors (Lipinski definition) is 0. The number of fused-ring (bicyclic) bond motifs is 4. The summed E-state index contributed by atoms with van der Waals surface area (Å²) in [7, 11) is 0. The van der Waals surface area contributed by atoms with Crippen molar-refractivity contribution in [3.05, 3.63) is 166 Å². The predicted molar refractivity (Wildman–Crippen MR) is 217 cm³/mol. The summed E-state index contributed by atoms with van der Waals surface area (Å²) in [4.78, 5) is 0. The van der Waals surface area contributed by atoms with Gasteiger partial charge in [-0.25, -0.2) is 12.2 Å². The molecule has 0 bridgehead atoms. The predicted octanol–water partition coefficient (Wildman–Crippen LogP) is 13.2. The van der Waals surface area contributed by atoms with Gasteiger partial charge in [0.2, 0.25) is 0 Å². The topological polar surface area (TPSA) is 0 Å². The van der Waals surface area contributed by atoms with E-state index in [0.717, 1.165) is 17.9 Å². The van der Waals surface area contributed by atoms with E-state index in [1.807, 2.05) is 54.6 Å². The standard InChI is InChI=1S/C23H29.C10H7.C6H4Cl.C5H5.CH2.2ClH.Zr/c1-14-9-16-11-17-10-15(2)21(23(6,7)8)13-19(17)18(16)12-20(14)22(3,4)5;1-2-6-10-8-4-3-7-9(10)5-1;7-6-4-2-1-3-5-6;1-2-4-5-3-1;;;;/h9,12-13H,11H2,1-8H3;1-7H;1-2,4-5H;1-3H,4H2;1H2;2*1H;/q4*-1;;;;. The van der Waals surface area contributed by atoms with Crippen LogP contribution in [0.25, 0.3) is 21.9 Å². The van der Waals surface area contributed by atoms with Crippen molar-refractivity contribution in [1.29, 1.82) is 0 Å². The second-order valence-electron chi connectivity index (χ2n) is 13.7. The molecule has 5 aromatic rings. The first-order chi connectivity index (χ1) is 22.3. The number of rotatable bonds is 0. The van der Waals surface area contributed by atoms with E-state index in [2.05, 4.69) is 126 Å². The van der Waals surface area contributed by atoms with Gasteiger partial charge in [0.25, 0.3) is 0 Å². The Bertz CT molecular complexity index is 1660. The quantitative estimate of drug-likeness (QED) is 0.135. The summed E-state index contributed by atoms with van der Waals surface area (Å²) in [5, 5.41) is 3.18. The molecule has 0 aromatic heterocycles. The fraction of sp³-hybridized carbons (Fsp3) is 0.267. The van der Waals surface area contributed by atoms with E-state index < -0.39 is 0 Å². The number of allylic oxidation sites excluding steroid dienone is 4. The largest absolute Gasteiger partial charge is 0.147 e. The molecular formula is C45H49Cl3Zr-4. The van der Waals surface area contributed by atoms with Gasteiger partial charge < -0.3 is 0 Å². The minimum atomic E-state index is 0. The van der Waals surface area contributed by atoms with Crippen LogP contribution in [0.15, 0.2) is 103 Å². The SMILES string of the molecule is Cc1[c-]c2c(cc1C(C)(C)C)-c1cc(C(C)(C)C)c(C)cc1C2.Cl.Cl.Clc1c[c-]ccc1.[C-]1=CC=CC1.[CH2]=[Zr].[c-]1cccc2ccccc12. The van der Waals surface area contributed by atoms with Gasteiger partial charge in [0.15, 0.2) is 0 Å². The zero-order valence-electron chi connectivity index (χ0n) is 30.1. The maximum atomic E-state index is 5.51. The van der Waals surface area contributed by atoms with Crippen molar-refractivity contribution in [1.82, 2.24) is 0 Å². The van der Waals surface area contributed by atoms with E-state index in [1.165, 1.54) is 79.5 Å². The van der Waals surface area contributed by atoms with Gasteiger partial charge in [-0.15, -0.1) is 95.1 Å². The molecule has 5 aromatic carbocycles. The first kappa shape index (κ1) is 44.5. The Morgan fingerprint density at radius 3 is 1.92 bits per heavy atom. The van der Waals surface area contributed by atoms with Crippen molar-refractivity contribution in [2.75, 3.05) is 0 Å². The van der Waals surface area contributed by atoms with Crippen LogP contribution in [0, 0.1) is 38.1 Å². The zero-order chi connectivity index (χ0) is 34.6. The van der Waals surface area contributed by atoms with Gasteiger partial charge in [-0.1, -0.05) is 88.7 Å². The third-order valence-electron chi connectivity index (χ3n) is 7.91. The van der Waals surface area contributed by atoms with Crippen molar-refractivity contribution in [2.45, 2.75) is 79.1 Å². The Morgan fingerprint density at radius 2 is 1.41 bits per heavy atom. The minimum absolute atomic E-state index is 0. The van der Waals surface area contributed by atoms with Crippen molar-refractivity contribution in [2.24, 2.45) is 0 Å². The summed E-state index contributed by atoms with van der Waals surface area (Å²) in [5.41, 5.74) is 11.6. The van der Waals surface area contributed by atoms with Crippen LogP contribution in [-0.4, -0.2) is 4.21 Å². The molecular weight excluding hydrogens is 738 g/mol. The van der Waals surface area contributed by atoms with Gasteiger partial charge in [0, 0.05) is 0 Å². The van der Waals surface area contributed by atoms with Crippen LogP contribution < -0.4 is 0 Å². The van der Waals surface area contributed by atoms with Crippen LogP contribution in [0.2, 0.25) is 5.02 Å². The summed E-state index contributed by atoms with van der Waals surface area (Å²) in [6, 6.07) is 38.4. The van der Waals surface area contributed by atoms with Gasteiger partial charge in [-0.05, 0) is 35.4 Å². The van der Waals surface area contributed by atoms with Gasteiger partial charge in [0.05, 0.1) is 0 Å². The van der Waals surface area contributed by atoms with E-state index >= 15 is 0 Å². The maximum absolute atomic E-state index is 5.51. The number of halogens is 3. The first-order valence-corrected chi connectivity index (χ1v) is 18.2. The summed E-state index contributed by atoms with van der Waals surface area (Å²) >= 11 is 6.81. The molecule has 0 atom stereocenters. The van der Waals surface area contributed by atoms with Crippen LogP contribution in [0.1, 0.15) is 81.3 Å². The monoisotopic (exact) mass is 784 g/mol. The molecule has 0 unspecified atom stereocenters. The molecule has 49 heavy (non-hydrogen) atoms. The molecule has 0 saturated carbocycles. The average Bonchev–Trinajstić information content (AvgIpc) is 3.73. The summed E-state index contributed by atoms with van der Waals surface area (Å²) < 4.78 is 3.34. The molecule has 0 saturated heterocycles. The molecule has 0 amide bonds. The van der Waals surface area contributed by atoms with E-state index in [-0.39, 0.29) is 35.6 Å². The Morgan fingerprint density at radius 1 is 0.776 bits per heavy atom. The van der Waals surface area contributed by atoms with E-state index in [1.54, 1.807) is 6.07 Å². The second-order valence-corrected chi connectivity index (χ2v) is 14.1. The van der Waals surface area contributed by atoms with Crippen LogP contribution in [0.4, 0.5) is 0 Å². The molecule has 0 heterocycles. The van der Waals surface area contributed by atoms with Crippen LogP contribution >= 0.6 is 36.4 Å². The average molecular weight is 787 g/mol. The zero-order valence-corrected chi connectivity index (χ0v) is 35.0. The van der Waals surface area contributed by atoms with Gasteiger partial charge >= 0.3 is 28.4 Å². The number of hydrogen-bond acceptors (Lipinski definition) is 0. The molecule has 0 spiro atoms. The molecule has 0 nitrogen and oxygen atoms in total. The second kappa shape index (κ2) is 21.0. The molecule has 2 aliphatic carbocycles. The third kappa shape index (κ3) is 13.3. The van der Waals surface area contributed by atoms with Crippen molar-refractivity contribution < 1.29 is 24.2 Å². The Kier molecular flexibility index (Phi) is 19.0. The van der Waals surface area contributed by atoms with Crippen LogP contribution in [0.5, 0.6) is 0 Å². The van der Waals surface area contributed by atoms with Crippen molar-refractivity contribution in [3.8, 4) is 11.1 Å². The molecule has 258 valence electrons. The van der Waals surface area contributed by atoms with E-state index in [9.17, 15) is 0 Å². The van der Waals surface area contributed by atoms with Gasteiger partial charge in [0.1, 0.15) is 0 Å². The van der Waals surface area contributed by atoms with E-state index in [0.29, 0.717) is 0 Å². The molecule has 0 aliphatic heterocycles. The fourth-order valence-electron chi connectivity index (χ4n) is 5.80. The Balaban J connectivity index is 0.000000379. The number of aryl methyl sites for hydroxylation is 2. The minimum Gasteiger partial charge on any atom is -0.147 e. The maximum Gasteiger partial charge on any atom is -0.0801 e. The molecule has 0 fully saturated rings. The van der Waals surface area contributed by atoms with Crippen molar-refractivity contribution >= 4 is 51.4 Å². The summed E-state index contributed by atoms with van der Waals surface area (Å²) in [6.07, 6.45) is 11.0. The molecule has 0 radical (unpaired) electrons. The molecule has 4 heteroatoms. The Labute approximate surface area is 329 Å². The molecule has 7 rings (SSSR count). The fourth-order valence-corrected chi connectivity index (χ4v) is 5.93. The van der Waals surface area contributed by atoms with Crippen LogP contribution in [0.3, 0.4) is 0 Å². The van der Waals surface area contributed by atoms with Crippen LogP contribution in [-0.2, 0) is 41.5 Å². The molecule has 2 aliphatic rings. The van der Waals surface area contributed by atoms with Gasteiger partial charge in [-0.2, -0.15) is 65.7 Å². The summed E-state index contributed by atoms with van der Waals surface area (Å²) in [5.74, 6) is 0. The third-order valence-corrected chi connectivity index (χ3v) is 8.14. The van der Waals surface area contributed by atoms with Crippen molar-refractivity contribution in [3.63, 3.8) is 0 Å². The first-order valence-electron chi connectivity index (χ1n) is 16.1. The van der Waals surface area contributed by atoms with E-state index in [4.69, 9.17) is 11.6 Å². The Hall–Kier alpha value is -2.54. The normalized spacial score (nSPS) is 11.7.